The molecular weight excluding hydrogens is 374 g/mol. The number of nitrogens with zero attached hydrogens (tertiary/aromatic N) is 5. The third-order valence-electron chi connectivity index (χ3n) is 5.25. The normalized spacial score (nSPS) is 19.4. The van der Waals surface area contributed by atoms with E-state index in [4.69, 9.17) is 9.26 Å². The Morgan fingerprint density at radius 2 is 2.00 bits per heavy atom. The molecule has 3 aromatic rings. The van der Waals surface area contributed by atoms with Gasteiger partial charge < -0.3 is 14.2 Å². The molecule has 2 atom stereocenters. The average molecular weight is 395 g/mol. The third kappa shape index (κ3) is 3.51. The van der Waals surface area contributed by atoms with E-state index < -0.39 is 5.97 Å². The average Bonchev–Trinajstić information content (AvgIpc) is 3.39. The van der Waals surface area contributed by atoms with Gasteiger partial charge in [-0.25, -0.2) is 4.79 Å². The van der Waals surface area contributed by atoms with Gasteiger partial charge in [0.25, 0.3) is 0 Å². The van der Waals surface area contributed by atoms with Gasteiger partial charge in [-0.15, -0.1) is 0 Å². The Balaban J connectivity index is 1.63. The van der Waals surface area contributed by atoms with E-state index in [1.54, 1.807) is 47.1 Å². The number of carbonyl (C=O) groups is 2. The predicted molar refractivity (Wildman–Crippen MR) is 102 cm³/mol. The van der Waals surface area contributed by atoms with Crippen LogP contribution in [0.25, 0.3) is 11.4 Å². The fourth-order valence-electron chi connectivity index (χ4n) is 3.72. The summed E-state index contributed by atoms with van der Waals surface area (Å²) in [5, 5.41) is 8.34. The van der Waals surface area contributed by atoms with Gasteiger partial charge in [-0.1, -0.05) is 17.3 Å². The predicted octanol–water partition coefficient (Wildman–Crippen LogP) is 2.33. The molecule has 4 rings (SSSR count). The summed E-state index contributed by atoms with van der Waals surface area (Å²) >= 11 is 0. The molecule has 0 unspecified atom stereocenters. The lowest BCUT2D eigenvalue weighted by Gasteiger charge is -2.36. The van der Waals surface area contributed by atoms with Crippen LogP contribution >= 0.6 is 0 Å². The Kier molecular flexibility index (Phi) is 4.87. The van der Waals surface area contributed by atoms with Crippen molar-refractivity contribution >= 4 is 11.9 Å². The molecule has 150 valence electrons. The van der Waals surface area contributed by atoms with E-state index in [2.05, 4.69) is 15.2 Å². The lowest BCUT2D eigenvalue weighted by atomic mass is 9.85. The van der Waals surface area contributed by atoms with Crippen molar-refractivity contribution < 1.29 is 18.8 Å². The number of esters is 1. The quantitative estimate of drug-likeness (QED) is 0.625. The molecule has 1 aromatic carbocycles. The van der Waals surface area contributed by atoms with Crippen LogP contribution in [0, 0.1) is 0 Å². The SMILES string of the molecule is COC(=O)c1ccc(-c2noc([C@@H]3CCC(=O)N(C)[C@H]3c3cnn(C)c3)n2)cc1. The van der Waals surface area contributed by atoms with Crippen LogP contribution in [0.4, 0.5) is 0 Å². The summed E-state index contributed by atoms with van der Waals surface area (Å²) in [5.74, 6) is 0.455. The molecule has 0 spiro atoms. The summed E-state index contributed by atoms with van der Waals surface area (Å²) in [6, 6.07) is 6.58. The number of likely N-dealkylation sites (tertiary alicyclic amines) is 1. The second-order valence-corrected chi connectivity index (χ2v) is 7.07. The van der Waals surface area contributed by atoms with Crippen molar-refractivity contribution in [1.82, 2.24) is 24.8 Å². The van der Waals surface area contributed by atoms with E-state index in [1.807, 2.05) is 13.2 Å². The first-order chi connectivity index (χ1) is 14.0. The largest absolute Gasteiger partial charge is 0.465 e. The summed E-state index contributed by atoms with van der Waals surface area (Å²) in [6.45, 7) is 0. The van der Waals surface area contributed by atoms with Gasteiger partial charge in [-0.2, -0.15) is 10.1 Å². The van der Waals surface area contributed by atoms with Crippen LogP contribution in [0.15, 0.2) is 41.2 Å². The number of ether oxygens (including phenoxy) is 1. The highest BCUT2D eigenvalue weighted by molar-refractivity contribution is 5.89. The molecule has 2 aromatic heterocycles. The number of hydrogen-bond donors (Lipinski definition) is 0. The van der Waals surface area contributed by atoms with E-state index in [0.29, 0.717) is 30.1 Å². The first kappa shape index (κ1) is 18.9. The Morgan fingerprint density at radius 1 is 1.24 bits per heavy atom. The summed E-state index contributed by atoms with van der Waals surface area (Å²) in [5.41, 5.74) is 2.10. The highest BCUT2D eigenvalue weighted by Crippen LogP contribution is 2.41. The van der Waals surface area contributed by atoms with Crippen molar-refractivity contribution in [3.05, 3.63) is 53.7 Å². The van der Waals surface area contributed by atoms with Crippen molar-refractivity contribution in [3.63, 3.8) is 0 Å². The Bertz CT molecular complexity index is 1040. The number of benzene rings is 1. The maximum atomic E-state index is 12.3. The number of aryl methyl sites for hydroxylation is 1. The molecule has 9 heteroatoms. The fraction of sp³-hybridized carbons (Fsp3) is 0.350. The molecule has 1 amide bonds. The number of carbonyl (C=O) groups excluding carboxylic acids is 2. The fourth-order valence-corrected chi connectivity index (χ4v) is 3.72. The molecule has 0 radical (unpaired) electrons. The lowest BCUT2D eigenvalue weighted by Crippen LogP contribution is -2.39. The van der Waals surface area contributed by atoms with Crippen LogP contribution in [-0.4, -0.2) is 50.9 Å². The van der Waals surface area contributed by atoms with Crippen LogP contribution in [0.1, 0.15) is 46.6 Å². The maximum Gasteiger partial charge on any atom is 0.337 e. The molecule has 1 aliphatic heterocycles. The molecule has 1 saturated heterocycles. The third-order valence-corrected chi connectivity index (χ3v) is 5.25. The van der Waals surface area contributed by atoms with E-state index in [-0.39, 0.29) is 17.9 Å². The van der Waals surface area contributed by atoms with Gasteiger partial charge in [0.05, 0.1) is 30.8 Å². The first-order valence-electron chi connectivity index (χ1n) is 9.24. The standard InChI is InChI=1S/C20H21N5O4/c1-24-11-14(10-21-24)17-15(8-9-16(26)25(17)2)19-22-18(23-29-19)12-4-6-13(7-5-12)20(27)28-3/h4-7,10-11,15,17H,8-9H2,1-3H3/t15-,17+/m1/s1. The van der Waals surface area contributed by atoms with Crippen molar-refractivity contribution in [2.24, 2.45) is 7.05 Å². The van der Waals surface area contributed by atoms with E-state index in [9.17, 15) is 9.59 Å². The molecule has 0 bridgehead atoms. The summed E-state index contributed by atoms with van der Waals surface area (Å²) in [6.07, 6.45) is 4.69. The molecule has 1 aliphatic rings. The van der Waals surface area contributed by atoms with Crippen LogP contribution in [0.2, 0.25) is 0 Å². The number of aromatic nitrogens is 4. The lowest BCUT2D eigenvalue weighted by molar-refractivity contribution is -0.135. The molecule has 29 heavy (non-hydrogen) atoms. The van der Waals surface area contributed by atoms with Crippen LogP contribution in [0.3, 0.4) is 0 Å². The molecule has 9 nitrogen and oxygen atoms in total. The topological polar surface area (TPSA) is 103 Å². The number of methoxy groups -OCH3 is 1. The van der Waals surface area contributed by atoms with Crippen molar-refractivity contribution in [2.75, 3.05) is 14.2 Å². The van der Waals surface area contributed by atoms with E-state index in [1.165, 1.54) is 7.11 Å². The van der Waals surface area contributed by atoms with Crippen molar-refractivity contribution in [1.29, 1.82) is 0 Å². The van der Waals surface area contributed by atoms with Crippen LogP contribution in [0.5, 0.6) is 0 Å². The van der Waals surface area contributed by atoms with Crippen LogP contribution in [-0.2, 0) is 16.6 Å². The molecule has 0 saturated carbocycles. The second kappa shape index (κ2) is 7.50. The number of hydrogen-bond acceptors (Lipinski definition) is 7. The summed E-state index contributed by atoms with van der Waals surface area (Å²) in [4.78, 5) is 30.2. The number of rotatable bonds is 4. The van der Waals surface area contributed by atoms with Gasteiger partial charge in [0.2, 0.25) is 17.6 Å². The zero-order chi connectivity index (χ0) is 20.5. The highest BCUT2D eigenvalue weighted by atomic mass is 16.5. The smallest absolute Gasteiger partial charge is 0.337 e. The van der Waals surface area contributed by atoms with Crippen molar-refractivity contribution in [2.45, 2.75) is 24.8 Å². The van der Waals surface area contributed by atoms with Gasteiger partial charge in [0.15, 0.2) is 0 Å². The molecular formula is C20H21N5O4. The Morgan fingerprint density at radius 3 is 2.66 bits per heavy atom. The minimum atomic E-state index is -0.403. The van der Waals surface area contributed by atoms with Gasteiger partial charge in [-0.05, 0) is 18.6 Å². The molecule has 3 heterocycles. The van der Waals surface area contributed by atoms with Crippen LogP contribution < -0.4 is 0 Å². The number of likely N-dealkylation sites (N-methyl/N-ethyl adjacent to an activating group) is 1. The summed E-state index contributed by atoms with van der Waals surface area (Å²) < 4.78 is 12.0. The van der Waals surface area contributed by atoms with E-state index >= 15 is 0 Å². The number of amides is 1. The molecule has 0 N–H and O–H groups in total. The zero-order valence-electron chi connectivity index (χ0n) is 16.4. The highest BCUT2D eigenvalue weighted by Gasteiger charge is 2.39. The van der Waals surface area contributed by atoms with Crippen molar-refractivity contribution in [3.8, 4) is 11.4 Å². The van der Waals surface area contributed by atoms with E-state index in [0.717, 1.165) is 11.1 Å². The number of piperidine rings is 1. The Labute approximate surface area is 167 Å². The molecule has 1 fully saturated rings. The Hall–Kier alpha value is -3.49. The van der Waals surface area contributed by atoms with Gasteiger partial charge >= 0.3 is 5.97 Å². The molecule has 0 aliphatic carbocycles. The van der Waals surface area contributed by atoms with Gasteiger partial charge in [0, 0.05) is 37.8 Å². The minimum Gasteiger partial charge on any atom is -0.465 e. The summed E-state index contributed by atoms with van der Waals surface area (Å²) in [7, 11) is 4.97. The second-order valence-electron chi connectivity index (χ2n) is 7.07. The van der Waals surface area contributed by atoms with Gasteiger partial charge in [0.1, 0.15) is 0 Å². The minimum absolute atomic E-state index is 0.0771. The zero-order valence-corrected chi connectivity index (χ0v) is 16.4. The first-order valence-corrected chi connectivity index (χ1v) is 9.24. The van der Waals surface area contributed by atoms with Gasteiger partial charge in [-0.3, -0.25) is 9.48 Å². The maximum absolute atomic E-state index is 12.3. The monoisotopic (exact) mass is 395 g/mol.